The Balaban J connectivity index is 1.99. The average molecular weight is 488 g/mol. The number of fused-ring (bicyclic) bond motifs is 3. The highest BCUT2D eigenvalue weighted by Gasteiger charge is 2.49. The number of carbonyl (C=O) groups is 2. The van der Waals surface area contributed by atoms with Crippen LogP contribution in [0.2, 0.25) is 0 Å². The Bertz CT molecular complexity index is 1250. The van der Waals surface area contributed by atoms with Crippen molar-refractivity contribution in [2.75, 3.05) is 13.0 Å². The van der Waals surface area contributed by atoms with Crippen LogP contribution in [-0.2, 0) is 16.0 Å². The van der Waals surface area contributed by atoms with Crippen molar-refractivity contribution in [1.82, 2.24) is 0 Å². The molecule has 4 rings (SSSR count). The number of aryl methyl sites for hydroxylation is 1. The molecule has 2 aliphatic rings. The van der Waals surface area contributed by atoms with Crippen molar-refractivity contribution in [3.8, 4) is 23.0 Å². The molecule has 2 aromatic carbocycles. The van der Waals surface area contributed by atoms with Crippen molar-refractivity contribution in [2.24, 2.45) is 23.5 Å². The summed E-state index contributed by atoms with van der Waals surface area (Å²) in [5.74, 6) is -2.76. The zero-order chi connectivity index (χ0) is 25.1. The summed E-state index contributed by atoms with van der Waals surface area (Å²) in [6, 6.07) is 0.668. The molecule has 182 valence electrons. The second-order valence-electron chi connectivity index (χ2n) is 9.24. The summed E-state index contributed by atoms with van der Waals surface area (Å²) in [6.45, 7) is 5.21. The van der Waals surface area contributed by atoms with Gasteiger partial charge in [0.1, 0.15) is 17.4 Å². The van der Waals surface area contributed by atoms with Gasteiger partial charge in [-0.05, 0) is 36.5 Å². The topological polar surface area (TPSA) is 139 Å². The first-order valence-electron chi connectivity index (χ1n) is 11.1. The molecule has 34 heavy (non-hydrogen) atoms. The molecule has 2 aliphatic carbocycles. The minimum atomic E-state index is -0.787. The minimum Gasteiger partial charge on any atom is -0.511 e. The quantitative estimate of drug-likeness (QED) is 0.145. The lowest BCUT2D eigenvalue weighted by molar-refractivity contribution is -0.130. The molecular weight excluding hydrogens is 458 g/mol. The SMILES string of the molecule is COc1c2c(c(C)c3c(O)c(OCS)c(O)cc13)C(N)C1C(=O)C(=C(O)C(C)C)C(=O)CC1C2. The summed E-state index contributed by atoms with van der Waals surface area (Å²) < 4.78 is 11.0. The van der Waals surface area contributed by atoms with Crippen molar-refractivity contribution in [1.29, 1.82) is 0 Å². The average Bonchev–Trinajstić information content (AvgIpc) is 2.75. The molecule has 9 heteroatoms. The normalized spacial score (nSPS) is 23.7. The first kappa shape index (κ1) is 24.2. The first-order valence-corrected chi connectivity index (χ1v) is 11.8. The van der Waals surface area contributed by atoms with Gasteiger partial charge < -0.3 is 30.5 Å². The van der Waals surface area contributed by atoms with Crippen LogP contribution in [0.25, 0.3) is 10.8 Å². The summed E-state index contributed by atoms with van der Waals surface area (Å²) in [4.78, 5) is 26.3. The summed E-state index contributed by atoms with van der Waals surface area (Å²) in [5.41, 5.74) is 8.56. The predicted molar refractivity (Wildman–Crippen MR) is 130 cm³/mol. The van der Waals surface area contributed by atoms with E-state index in [0.29, 0.717) is 34.1 Å². The van der Waals surface area contributed by atoms with E-state index in [4.69, 9.17) is 15.2 Å². The van der Waals surface area contributed by atoms with Gasteiger partial charge in [0, 0.05) is 40.6 Å². The minimum absolute atomic E-state index is 0.0615. The van der Waals surface area contributed by atoms with E-state index >= 15 is 0 Å². The highest BCUT2D eigenvalue weighted by molar-refractivity contribution is 7.80. The smallest absolute Gasteiger partial charge is 0.204 e. The number of aliphatic hydroxyl groups excluding tert-OH is 1. The molecule has 0 amide bonds. The molecule has 8 nitrogen and oxygen atoms in total. The number of phenolic OH excluding ortho intramolecular Hbond substituents is 2. The summed E-state index contributed by atoms with van der Waals surface area (Å²) in [6.07, 6.45) is 0.443. The number of benzene rings is 2. The Hall–Kier alpha value is -2.91. The number of aliphatic hydroxyl groups is 1. The molecule has 3 atom stereocenters. The number of carbonyl (C=O) groups excluding carboxylic acids is 2. The van der Waals surface area contributed by atoms with Crippen LogP contribution in [-0.4, -0.2) is 39.9 Å². The molecule has 0 radical (unpaired) electrons. The van der Waals surface area contributed by atoms with Crippen LogP contribution < -0.4 is 15.2 Å². The first-order chi connectivity index (χ1) is 16.0. The van der Waals surface area contributed by atoms with Crippen LogP contribution in [0.1, 0.15) is 43.0 Å². The Morgan fingerprint density at radius 2 is 1.91 bits per heavy atom. The number of methoxy groups -OCH3 is 1. The number of ether oxygens (including phenoxy) is 2. The van der Waals surface area contributed by atoms with Crippen LogP contribution >= 0.6 is 12.6 Å². The molecule has 1 fully saturated rings. The maximum Gasteiger partial charge on any atom is 0.204 e. The van der Waals surface area contributed by atoms with Gasteiger partial charge in [-0.2, -0.15) is 0 Å². The van der Waals surface area contributed by atoms with Crippen LogP contribution in [0.3, 0.4) is 0 Å². The molecule has 5 N–H and O–H groups in total. The van der Waals surface area contributed by atoms with Gasteiger partial charge in [0.05, 0.1) is 12.7 Å². The second-order valence-corrected chi connectivity index (χ2v) is 9.50. The Morgan fingerprint density at radius 1 is 1.24 bits per heavy atom. The number of thiol groups is 1. The van der Waals surface area contributed by atoms with E-state index in [-0.39, 0.29) is 58.6 Å². The molecule has 3 unspecified atom stereocenters. The third kappa shape index (κ3) is 3.41. The van der Waals surface area contributed by atoms with E-state index in [1.54, 1.807) is 20.8 Å². The lowest BCUT2D eigenvalue weighted by Crippen LogP contribution is -2.46. The van der Waals surface area contributed by atoms with Crippen LogP contribution in [0, 0.1) is 24.7 Å². The van der Waals surface area contributed by atoms with E-state index in [1.807, 2.05) is 0 Å². The van der Waals surface area contributed by atoms with Gasteiger partial charge in [-0.25, -0.2) is 0 Å². The fourth-order valence-electron chi connectivity index (χ4n) is 5.58. The van der Waals surface area contributed by atoms with E-state index in [2.05, 4.69) is 12.6 Å². The standard InChI is InChI=1S/C25H29NO7S/c1-9(2)21(29)19-14(27)6-11-5-12-16(20(26)18(11)22(19)30)10(3)17-13(24(12)32-4)7-15(28)25(23(17)31)33-8-34/h7,9,11,18,20,28-29,31,34H,5-6,8,26H2,1-4H3. The third-order valence-corrected chi connectivity index (χ3v) is 7.17. The van der Waals surface area contributed by atoms with Gasteiger partial charge in [-0.1, -0.05) is 13.8 Å². The van der Waals surface area contributed by atoms with Gasteiger partial charge in [-0.15, -0.1) is 12.6 Å². The highest BCUT2D eigenvalue weighted by Crippen LogP contribution is 2.54. The second kappa shape index (κ2) is 8.70. The number of Topliss-reactive ketones (excluding diaryl/α,β-unsaturated/α-hetero) is 2. The van der Waals surface area contributed by atoms with Crippen molar-refractivity contribution in [3.63, 3.8) is 0 Å². The summed E-state index contributed by atoms with van der Waals surface area (Å²) in [5, 5.41) is 32.8. The van der Waals surface area contributed by atoms with E-state index in [9.17, 15) is 24.9 Å². The number of aromatic hydroxyl groups is 2. The number of hydrogen-bond acceptors (Lipinski definition) is 9. The zero-order valence-electron chi connectivity index (χ0n) is 19.5. The van der Waals surface area contributed by atoms with Gasteiger partial charge >= 0.3 is 0 Å². The van der Waals surface area contributed by atoms with Crippen LogP contribution in [0.5, 0.6) is 23.0 Å². The van der Waals surface area contributed by atoms with Gasteiger partial charge in [0.2, 0.25) is 5.75 Å². The van der Waals surface area contributed by atoms with E-state index < -0.39 is 17.7 Å². The maximum atomic E-state index is 13.5. The Kier molecular flexibility index (Phi) is 6.20. The molecule has 0 aromatic heterocycles. The number of ketones is 2. The number of nitrogens with two attached hydrogens (primary N) is 1. The van der Waals surface area contributed by atoms with E-state index in [0.717, 1.165) is 5.56 Å². The number of allylic oxidation sites excluding steroid dienone is 2. The monoisotopic (exact) mass is 487 g/mol. The molecule has 0 saturated heterocycles. The van der Waals surface area contributed by atoms with Crippen molar-refractivity contribution in [2.45, 2.75) is 39.7 Å². The summed E-state index contributed by atoms with van der Waals surface area (Å²) in [7, 11) is 1.48. The molecule has 0 spiro atoms. The predicted octanol–water partition coefficient (Wildman–Crippen LogP) is 3.63. The molecular formula is C25H29NO7S. The van der Waals surface area contributed by atoms with Crippen molar-refractivity contribution < 1.29 is 34.4 Å². The number of rotatable bonds is 4. The highest BCUT2D eigenvalue weighted by atomic mass is 32.1. The van der Waals surface area contributed by atoms with Crippen LogP contribution in [0.15, 0.2) is 17.4 Å². The number of phenols is 2. The van der Waals surface area contributed by atoms with Gasteiger partial charge in [0.25, 0.3) is 0 Å². The largest absolute Gasteiger partial charge is 0.511 e. The molecule has 1 saturated carbocycles. The van der Waals surface area contributed by atoms with Crippen molar-refractivity contribution in [3.05, 3.63) is 34.1 Å². The lowest BCUT2D eigenvalue weighted by atomic mass is 9.62. The Labute approximate surface area is 202 Å². The van der Waals surface area contributed by atoms with Gasteiger partial charge in [-0.3, -0.25) is 9.59 Å². The molecule has 0 heterocycles. The fraction of sp³-hybridized carbons (Fsp3) is 0.440. The molecule has 2 aromatic rings. The maximum absolute atomic E-state index is 13.5. The number of hydrogen-bond donors (Lipinski definition) is 5. The third-order valence-electron chi connectivity index (χ3n) is 7.04. The van der Waals surface area contributed by atoms with Crippen molar-refractivity contribution >= 4 is 35.0 Å². The molecule has 0 aliphatic heterocycles. The fourth-order valence-corrected chi connectivity index (χ4v) is 5.70. The van der Waals surface area contributed by atoms with Crippen LogP contribution in [0.4, 0.5) is 0 Å². The zero-order valence-corrected chi connectivity index (χ0v) is 20.4. The molecule has 0 bridgehead atoms. The van der Waals surface area contributed by atoms with E-state index in [1.165, 1.54) is 13.2 Å². The Morgan fingerprint density at radius 3 is 2.50 bits per heavy atom. The lowest BCUT2D eigenvalue weighted by Gasteiger charge is -2.41. The summed E-state index contributed by atoms with van der Waals surface area (Å²) >= 11 is 4.01. The van der Waals surface area contributed by atoms with Gasteiger partial charge in [0.15, 0.2) is 23.1 Å².